The molecule has 0 bridgehead atoms. The Hall–Kier alpha value is -6.06. The van der Waals surface area contributed by atoms with Crippen LogP contribution < -0.4 is 0 Å². The minimum atomic E-state index is -1.66. The van der Waals surface area contributed by atoms with Crippen molar-refractivity contribution in [2.75, 3.05) is 0 Å². The smallest absolute Gasteiger partial charge is 0.336 e. The zero-order valence-corrected chi connectivity index (χ0v) is 23.1. The van der Waals surface area contributed by atoms with E-state index in [4.69, 9.17) is 20.4 Å². The van der Waals surface area contributed by atoms with E-state index in [1.165, 1.54) is 0 Å². The maximum absolute atomic E-state index is 10.8. The van der Waals surface area contributed by atoms with Gasteiger partial charge in [-0.1, -0.05) is 0 Å². The first-order valence-corrected chi connectivity index (χ1v) is 11.6. The standard InChI is InChI=1S/C10H6O8.4C4H6N2/c11-7(12)3-1-4(8(13)14)6(10(17)18)2-5(3)9(15)16;4*1-6-3-2-5-4-6/h1-2H,(H,11,12)(H,13,14)(H,15,16)(H,17,18);4*2-4H,1H3. The number of nitrogens with zero attached hydrogens (tertiary/aromatic N) is 8. The van der Waals surface area contributed by atoms with E-state index in [-0.39, 0.29) is 0 Å². The lowest BCUT2D eigenvalue weighted by molar-refractivity contribution is 0.0637. The van der Waals surface area contributed by atoms with Crippen LogP contribution in [0, 0.1) is 0 Å². The molecule has 0 unspecified atom stereocenters. The molecule has 0 fully saturated rings. The molecule has 4 heterocycles. The van der Waals surface area contributed by atoms with Gasteiger partial charge in [-0.25, -0.2) is 39.1 Å². The van der Waals surface area contributed by atoms with Crippen molar-refractivity contribution in [3.8, 4) is 0 Å². The number of imidazole rings is 4. The van der Waals surface area contributed by atoms with Gasteiger partial charge in [-0.3, -0.25) is 0 Å². The van der Waals surface area contributed by atoms with Crippen LogP contribution in [0.1, 0.15) is 41.4 Å². The van der Waals surface area contributed by atoms with Crippen molar-refractivity contribution >= 4 is 23.9 Å². The van der Waals surface area contributed by atoms with Gasteiger partial charge in [-0.15, -0.1) is 0 Å². The average molecular weight is 583 g/mol. The SMILES string of the molecule is Cn1ccnc1.Cn1ccnc1.Cn1ccnc1.Cn1ccnc1.O=C(O)c1cc(C(=O)O)c(C(=O)O)cc1C(=O)O. The Morgan fingerprint density at radius 3 is 0.714 bits per heavy atom. The Morgan fingerprint density at radius 2 is 0.643 bits per heavy atom. The number of benzene rings is 1. The van der Waals surface area contributed by atoms with Crippen LogP contribution in [0.15, 0.2) is 87.0 Å². The number of aromatic carboxylic acids is 4. The van der Waals surface area contributed by atoms with Crippen LogP contribution >= 0.6 is 0 Å². The summed E-state index contributed by atoms with van der Waals surface area (Å²) >= 11 is 0. The number of hydrogen-bond donors (Lipinski definition) is 4. The van der Waals surface area contributed by atoms with Crippen molar-refractivity contribution < 1.29 is 39.6 Å². The highest BCUT2D eigenvalue weighted by Gasteiger charge is 2.24. The molecule has 0 amide bonds. The lowest BCUT2D eigenvalue weighted by Gasteiger charge is -2.06. The summed E-state index contributed by atoms with van der Waals surface area (Å²) in [5.74, 6) is -6.64. The third-order valence-corrected chi connectivity index (χ3v) is 4.63. The predicted octanol–water partition coefficient (Wildman–Crippen LogP) is 2.16. The van der Waals surface area contributed by atoms with Gasteiger partial charge in [-0.2, -0.15) is 0 Å². The summed E-state index contributed by atoms with van der Waals surface area (Å²) in [4.78, 5) is 58.3. The maximum atomic E-state index is 10.8. The van der Waals surface area contributed by atoms with Gasteiger partial charge in [0.2, 0.25) is 0 Å². The van der Waals surface area contributed by atoms with Crippen LogP contribution in [-0.2, 0) is 28.2 Å². The number of hydrogen-bond acceptors (Lipinski definition) is 8. The third kappa shape index (κ3) is 12.7. The first-order chi connectivity index (χ1) is 19.8. The number of aryl methyl sites for hydroxylation is 4. The van der Waals surface area contributed by atoms with Gasteiger partial charge in [0.25, 0.3) is 0 Å². The van der Waals surface area contributed by atoms with Gasteiger partial charge >= 0.3 is 23.9 Å². The summed E-state index contributed by atoms with van der Waals surface area (Å²) < 4.78 is 7.56. The second-order valence-electron chi connectivity index (χ2n) is 8.08. The lowest BCUT2D eigenvalue weighted by atomic mass is 9.98. The number of aromatic nitrogens is 8. The van der Waals surface area contributed by atoms with Gasteiger partial charge in [-0.05, 0) is 12.1 Å². The van der Waals surface area contributed by atoms with E-state index in [1.807, 2.05) is 71.2 Å². The first kappa shape index (κ1) is 34.0. The Kier molecular flexibility index (Phi) is 14.2. The summed E-state index contributed by atoms with van der Waals surface area (Å²) in [5.41, 5.74) is -3.15. The van der Waals surface area contributed by atoms with Crippen LogP contribution in [0.3, 0.4) is 0 Å². The largest absolute Gasteiger partial charge is 0.478 e. The van der Waals surface area contributed by atoms with E-state index in [9.17, 15) is 19.2 Å². The van der Waals surface area contributed by atoms with Gasteiger partial charge in [0.05, 0.1) is 47.6 Å². The van der Waals surface area contributed by atoms with Crippen LogP contribution in [0.4, 0.5) is 0 Å². The van der Waals surface area contributed by atoms with E-state index in [2.05, 4.69) is 19.9 Å². The van der Waals surface area contributed by atoms with Crippen LogP contribution in [0.5, 0.6) is 0 Å². The molecule has 222 valence electrons. The number of rotatable bonds is 4. The van der Waals surface area contributed by atoms with E-state index >= 15 is 0 Å². The highest BCUT2D eigenvalue weighted by Crippen LogP contribution is 2.18. The molecule has 0 spiro atoms. The predicted molar refractivity (Wildman–Crippen MR) is 147 cm³/mol. The Labute approximate surface area is 239 Å². The van der Waals surface area contributed by atoms with Gasteiger partial charge in [0, 0.05) is 77.8 Å². The third-order valence-electron chi connectivity index (χ3n) is 4.63. The minimum absolute atomic E-state index is 0.511. The summed E-state index contributed by atoms with van der Waals surface area (Å²) in [5, 5.41) is 35.0. The summed E-state index contributed by atoms with van der Waals surface area (Å²) in [6.45, 7) is 0. The summed E-state index contributed by atoms with van der Waals surface area (Å²) in [6, 6.07) is 1.02. The molecule has 16 heteroatoms. The van der Waals surface area contributed by atoms with Gasteiger partial charge in [0.1, 0.15) is 0 Å². The molecule has 5 rings (SSSR count). The molecule has 16 nitrogen and oxygen atoms in total. The number of carboxylic acids is 4. The lowest BCUT2D eigenvalue weighted by Crippen LogP contribution is -2.15. The topological polar surface area (TPSA) is 220 Å². The normalized spacial score (nSPS) is 9.24. The molecule has 5 aromatic rings. The molecule has 0 saturated heterocycles. The second-order valence-corrected chi connectivity index (χ2v) is 8.08. The molecule has 0 radical (unpaired) electrons. The first-order valence-electron chi connectivity index (χ1n) is 11.6. The maximum Gasteiger partial charge on any atom is 0.336 e. The molecule has 4 N–H and O–H groups in total. The molecule has 0 aliphatic carbocycles. The van der Waals surface area contributed by atoms with Crippen LogP contribution in [0.25, 0.3) is 0 Å². The quantitative estimate of drug-likeness (QED) is 0.239. The zero-order valence-electron chi connectivity index (χ0n) is 23.1. The van der Waals surface area contributed by atoms with Crippen molar-refractivity contribution in [1.82, 2.24) is 38.2 Å². The molecule has 0 saturated carbocycles. The molecule has 0 aliphatic rings. The molecule has 0 atom stereocenters. The molecule has 1 aromatic carbocycles. The fourth-order valence-corrected chi connectivity index (χ4v) is 2.61. The van der Waals surface area contributed by atoms with Crippen molar-refractivity contribution in [2.24, 2.45) is 28.2 Å². The Bertz CT molecular complexity index is 1290. The summed E-state index contributed by atoms with van der Waals surface area (Å²) in [7, 11) is 7.75. The molecule has 42 heavy (non-hydrogen) atoms. The van der Waals surface area contributed by atoms with E-state index in [0.717, 1.165) is 0 Å². The second kappa shape index (κ2) is 17.5. The molecule has 4 aromatic heterocycles. The van der Waals surface area contributed by atoms with Crippen molar-refractivity contribution in [3.63, 3.8) is 0 Å². The number of carbonyl (C=O) groups is 4. The minimum Gasteiger partial charge on any atom is -0.478 e. The molecular weight excluding hydrogens is 552 g/mol. The van der Waals surface area contributed by atoms with Gasteiger partial charge < -0.3 is 38.7 Å². The highest BCUT2D eigenvalue weighted by atomic mass is 16.4. The number of carboxylic acid groups (broad SMARTS) is 4. The van der Waals surface area contributed by atoms with E-state index in [1.54, 1.807) is 50.1 Å². The Balaban J connectivity index is 0.000000297. The molecular formula is C26H30N8O8. The van der Waals surface area contributed by atoms with Crippen LogP contribution in [0.2, 0.25) is 0 Å². The summed E-state index contributed by atoms with van der Waals surface area (Å²) in [6.07, 6.45) is 21.6. The fraction of sp³-hybridized carbons (Fsp3) is 0.154. The fourth-order valence-electron chi connectivity index (χ4n) is 2.61. The average Bonchev–Trinajstić information content (AvgIpc) is 3.76. The van der Waals surface area contributed by atoms with E-state index < -0.39 is 46.1 Å². The van der Waals surface area contributed by atoms with Crippen molar-refractivity contribution in [3.05, 3.63) is 109 Å². The monoisotopic (exact) mass is 582 g/mol. The van der Waals surface area contributed by atoms with Crippen molar-refractivity contribution in [1.29, 1.82) is 0 Å². The Morgan fingerprint density at radius 1 is 0.452 bits per heavy atom. The highest BCUT2D eigenvalue weighted by molar-refractivity contribution is 6.09. The zero-order chi connectivity index (χ0) is 31.7. The van der Waals surface area contributed by atoms with Crippen molar-refractivity contribution in [2.45, 2.75) is 0 Å². The molecule has 0 aliphatic heterocycles. The van der Waals surface area contributed by atoms with Crippen LogP contribution in [-0.4, -0.2) is 82.5 Å². The van der Waals surface area contributed by atoms with E-state index in [0.29, 0.717) is 12.1 Å². The van der Waals surface area contributed by atoms with Gasteiger partial charge in [0.15, 0.2) is 0 Å².